The Morgan fingerprint density at radius 2 is 1.77 bits per heavy atom. The van der Waals surface area contributed by atoms with Crippen LogP contribution in [0.3, 0.4) is 0 Å². The van der Waals surface area contributed by atoms with Crippen molar-refractivity contribution in [2.45, 2.75) is 4.90 Å². The van der Waals surface area contributed by atoms with E-state index < -0.39 is 21.8 Å². The highest BCUT2D eigenvalue weighted by atomic mass is 79.9. The number of carbonyl (C=O) groups is 2. The minimum Gasteiger partial charge on any atom is -0.457 e. The highest BCUT2D eigenvalue weighted by Gasteiger charge is 2.34. The molecule has 1 fully saturated rings. The summed E-state index contributed by atoms with van der Waals surface area (Å²) >= 11 is 3.33. The van der Waals surface area contributed by atoms with Crippen LogP contribution in [0.1, 0.15) is 5.76 Å². The zero-order valence-corrected chi connectivity index (χ0v) is 17.6. The summed E-state index contributed by atoms with van der Waals surface area (Å²) in [6.45, 7) is 0. The lowest BCUT2D eigenvalue weighted by molar-refractivity contribution is -0.117. The standard InChI is InChI=1S/C20H14BrN3O5S/c21-13-2-1-3-14(10-13)24-20(26)17(19(25)23-24)11-15-6-9-18(29-15)12-4-7-16(8-5-12)30(22,27)28/h1-11H,(H,23,25)(H2,22,27,28)/b17-11-. The van der Waals surface area contributed by atoms with E-state index in [1.165, 1.54) is 18.2 Å². The number of hydrogen-bond acceptors (Lipinski definition) is 5. The van der Waals surface area contributed by atoms with E-state index in [-0.39, 0.29) is 10.5 Å². The summed E-state index contributed by atoms with van der Waals surface area (Å²) in [5.41, 5.74) is 3.58. The maximum Gasteiger partial charge on any atom is 0.282 e. The topological polar surface area (TPSA) is 123 Å². The smallest absolute Gasteiger partial charge is 0.282 e. The molecule has 2 amide bonds. The van der Waals surface area contributed by atoms with Crippen LogP contribution < -0.4 is 15.6 Å². The second-order valence-corrected chi connectivity index (χ2v) is 8.87. The van der Waals surface area contributed by atoms with Gasteiger partial charge in [-0.1, -0.05) is 22.0 Å². The predicted octanol–water partition coefficient (Wildman–Crippen LogP) is 2.82. The van der Waals surface area contributed by atoms with Gasteiger partial charge >= 0.3 is 0 Å². The Morgan fingerprint density at radius 3 is 2.43 bits per heavy atom. The highest BCUT2D eigenvalue weighted by molar-refractivity contribution is 9.10. The first-order valence-corrected chi connectivity index (χ1v) is 10.9. The van der Waals surface area contributed by atoms with Crippen LogP contribution in [0.25, 0.3) is 17.4 Å². The molecule has 0 bridgehead atoms. The van der Waals surface area contributed by atoms with Crippen LogP contribution in [0.5, 0.6) is 0 Å². The third-order valence-electron chi connectivity index (χ3n) is 4.34. The maximum atomic E-state index is 12.7. The van der Waals surface area contributed by atoms with Crippen LogP contribution in [0.15, 0.2) is 80.0 Å². The molecule has 152 valence electrons. The molecule has 2 heterocycles. The predicted molar refractivity (Wildman–Crippen MR) is 113 cm³/mol. The number of sulfonamides is 1. The van der Waals surface area contributed by atoms with Gasteiger partial charge in [-0.15, -0.1) is 0 Å². The van der Waals surface area contributed by atoms with Gasteiger partial charge < -0.3 is 4.42 Å². The van der Waals surface area contributed by atoms with Gasteiger partial charge in [-0.3, -0.25) is 15.0 Å². The number of hydrogen-bond donors (Lipinski definition) is 2. The van der Waals surface area contributed by atoms with E-state index in [2.05, 4.69) is 21.4 Å². The van der Waals surface area contributed by atoms with Crippen LogP contribution in [-0.4, -0.2) is 20.2 Å². The van der Waals surface area contributed by atoms with E-state index in [1.807, 2.05) is 6.07 Å². The fourth-order valence-electron chi connectivity index (χ4n) is 2.89. The van der Waals surface area contributed by atoms with Gasteiger partial charge in [0.05, 0.1) is 10.6 Å². The quantitative estimate of drug-likeness (QED) is 0.432. The molecule has 0 saturated carbocycles. The van der Waals surface area contributed by atoms with Crippen LogP contribution in [0.2, 0.25) is 0 Å². The van der Waals surface area contributed by atoms with E-state index in [9.17, 15) is 18.0 Å². The first-order chi connectivity index (χ1) is 14.2. The number of halogens is 1. The van der Waals surface area contributed by atoms with Crippen molar-refractivity contribution in [1.29, 1.82) is 0 Å². The Bertz CT molecular complexity index is 1300. The number of amides is 2. The molecule has 10 heteroatoms. The molecule has 8 nitrogen and oxygen atoms in total. The monoisotopic (exact) mass is 487 g/mol. The van der Waals surface area contributed by atoms with Crippen molar-refractivity contribution in [3.05, 3.63) is 76.5 Å². The molecule has 0 radical (unpaired) electrons. The van der Waals surface area contributed by atoms with Crippen LogP contribution >= 0.6 is 15.9 Å². The summed E-state index contributed by atoms with van der Waals surface area (Å²) in [5, 5.41) is 6.25. The highest BCUT2D eigenvalue weighted by Crippen LogP contribution is 2.27. The molecule has 0 aliphatic carbocycles. The fraction of sp³-hybridized carbons (Fsp3) is 0. The van der Waals surface area contributed by atoms with Crippen molar-refractivity contribution in [3.63, 3.8) is 0 Å². The van der Waals surface area contributed by atoms with Crippen molar-refractivity contribution >= 4 is 49.5 Å². The van der Waals surface area contributed by atoms with E-state index in [0.29, 0.717) is 22.8 Å². The molecule has 1 aliphatic heterocycles. The molecule has 30 heavy (non-hydrogen) atoms. The Hall–Kier alpha value is -3.21. The second-order valence-electron chi connectivity index (χ2n) is 6.39. The molecule has 0 atom stereocenters. The molecule has 1 aromatic heterocycles. The molecule has 1 saturated heterocycles. The van der Waals surface area contributed by atoms with E-state index >= 15 is 0 Å². The number of hydrazine groups is 1. The minimum atomic E-state index is -3.79. The Morgan fingerprint density at radius 1 is 1.03 bits per heavy atom. The number of nitrogens with one attached hydrogen (secondary N) is 1. The largest absolute Gasteiger partial charge is 0.457 e. The van der Waals surface area contributed by atoms with Gasteiger partial charge in [0.15, 0.2) is 0 Å². The first kappa shape index (κ1) is 20.1. The molecule has 0 spiro atoms. The van der Waals surface area contributed by atoms with Crippen molar-refractivity contribution in [1.82, 2.24) is 5.43 Å². The van der Waals surface area contributed by atoms with Gasteiger partial charge in [0.2, 0.25) is 10.0 Å². The van der Waals surface area contributed by atoms with Gasteiger partial charge in [0, 0.05) is 10.0 Å². The number of rotatable bonds is 4. The van der Waals surface area contributed by atoms with Crippen molar-refractivity contribution in [3.8, 4) is 11.3 Å². The van der Waals surface area contributed by atoms with E-state index in [4.69, 9.17) is 9.56 Å². The molecule has 3 N–H and O–H groups in total. The number of nitrogens with two attached hydrogens (primary N) is 1. The van der Waals surface area contributed by atoms with E-state index in [1.54, 1.807) is 42.5 Å². The maximum absolute atomic E-state index is 12.7. The number of carbonyl (C=O) groups excluding carboxylic acids is 2. The average Bonchev–Trinajstić information content (AvgIpc) is 3.28. The number of nitrogens with zero attached hydrogens (tertiary/aromatic N) is 1. The van der Waals surface area contributed by atoms with Gasteiger partial charge in [0.25, 0.3) is 11.8 Å². The SMILES string of the molecule is NS(=O)(=O)c1ccc(-c2ccc(/C=C3/C(=O)NN(c4cccc(Br)c4)C3=O)o2)cc1. The zero-order chi connectivity index (χ0) is 21.5. The lowest BCUT2D eigenvalue weighted by atomic mass is 10.2. The van der Waals surface area contributed by atoms with Gasteiger partial charge in [-0.05, 0) is 60.7 Å². The fourth-order valence-corrected chi connectivity index (χ4v) is 3.79. The number of benzene rings is 2. The molecule has 4 rings (SSSR count). The summed E-state index contributed by atoms with van der Waals surface area (Å²) in [4.78, 5) is 25.0. The third kappa shape index (κ3) is 3.92. The average molecular weight is 488 g/mol. The first-order valence-electron chi connectivity index (χ1n) is 8.58. The van der Waals surface area contributed by atoms with Crippen molar-refractivity contribution in [2.24, 2.45) is 5.14 Å². The summed E-state index contributed by atoms with van der Waals surface area (Å²) in [6.07, 6.45) is 1.36. The normalized spacial score (nSPS) is 15.7. The van der Waals surface area contributed by atoms with Crippen LogP contribution in [0, 0.1) is 0 Å². The molecular formula is C20H14BrN3O5S. The number of anilines is 1. The Balaban J connectivity index is 1.59. The molecule has 3 aromatic rings. The van der Waals surface area contributed by atoms with Crippen molar-refractivity contribution < 1.29 is 22.4 Å². The third-order valence-corrected chi connectivity index (χ3v) is 5.76. The second kappa shape index (κ2) is 7.56. The Kier molecular flexibility index (Phi) is 5.06. The number of furan rings is 1. The van der Waals surface area contributed by atoms with Crippen molar-refractivity contribution in [2.75, 3.05) is 5.01 Å². The summed E-state index contributed by atoms with van der Waals surface area (Å²) < 4.78 is 29.2. The van der Waals surface area contributed by atoms with Crippen LogP contribution in [-0.2, 0) is 19.6 Å². The molecule has 1 aliphatic rings. The zero-order valence-electron chi connectivity index (χ0n) is 15.2. The van der Waals surface area contributed by atoms with Gasteiger partial charge in [-0.2, -0.15) is 0 Å². The van der Waals surface area contributed by atoms with Gasteiger partial charge in [0.1, 0.15) is 17.1 Å². The van der Waals surface area contributed by atoms with Gasteiger partial charge in [-0.25, -0.2) is 18.6 Å². The molecular weight excluding hydrogens is 474 g/mol. The van der Waals surface area contributed by atoms with Crippen LogP contribution in [0.4, 0.5) is 5.69 Å². The number of primary sulfonamides is 1. The summed E-state index contributed by atoms with van der Waals surface area (Å²) in [7, 11) is -3.79. The molecule has 0 unspecified atom stereocenters. The summed E-state index contributed by atoms with van der Waals surface area (Å²) in [6, 6.07) is 16.1. The Labute approximate surface area is 180 Å². The summed E-state index contributed by atoms with van der Waals surface area (Å²) in [5.74, 6) is -0.309. The van der Waals surface area contributed by atoms with E-state index in [0.717, 1.165) is 9.48 Å². The molecule has 2 aromatic carbocycles. The minimum absolute atomic E-state index is 0.0130. The lowest BCUT2D eigenvalue weighted by Gasteiger charge is -2.14. The lowest BCUT2D eigenvalue weighted by Crippen LogP contribution is -2.35.